The minimum Gasteiger partial charge on any atom is -0.463 e. The first-order valence-electron chi connectivity index (χ1n) is 4.76. The van der Waals surface area contributed by atoms with Gasteiger partial charge in [0.15, 0.2) is 0 Å². The van der Waals surface area contributed by atoms with Gasteiger partial charge >= 0.3 is 5.97 Å². The number of carbonyl (C=O) groups excluding carboxylic acids is 1. The first kappa shape index (κ1) is 11.8. The highest BCUT2D eigenvalue weighted by atomic mass is 35.5. The van der Waals surface area contributed by atoms with Crippen LogP contribution in [0.3, 0.4) is 0 Å². The molecule has 1 aromatic carbocycles. The van der Waals surface area contributed by atoms with Crippen LogP contribution in [0.15, 0.2) is 35.9 Å². The van der Waals surface area contributed by atoms with Crippen molar-refractivity contribution < 1.29 is 9.53 Å². The number of carbonyl (C=O) groups is 1. The van der Waals surface area contributed by atoms with E-state index in [4.69, 9.17) is 16.3 Å². The van der Waals surface area contributed by atoms with Gasteiger partial charge in [0.1, 0.15) is 0 Å². The smallest absolute Gasteiger partial charge is 0.335 e. The molecule has 3 heteroatoms. The Bertz CT molecular complexity index is 344. The molecular formula is C12H13ClO2. The van der Waals surface area contributed by atoms with Crippen LogP contribution in [0.5, 0.6) is 0 Å². The highest BCUT2D eigenvalue weighted by molar-refractivity contribution is 6.23. The molecule has 0 N–H and O–H groups in total. The molecule has 0 saturated heterocycles. The standard InChI is InChI=1S/C12H13ClO2/c1-2-15-12(14)11(9-13)8-10-6-4-3-5-7-10/h3-8H,2,9H2,1H3/b11-8+. The molecule has 2 nitrogen and oxygen atoms in total. The summed E-state index contributed by atoms with van der Waals surface area (Å²) < 4.78 is 4.88. The number of rotatable bonds is 4. The molecule has 0 heterocycles. The molecule has 80 valence electrons. The average molecular weight is 225 g/mol. The summed E-state index contributed by atoms with van der Waals surface area (Å²) in [6.07, 6.45) is 1.74. The van der Waals surface area contributed by atoms with Crippen LogP contribution in [0.1, 0.15) is 12.5 Å². The van der Waals surface area contributed by atoms with Crippen molar-refractivity contribution in [3.63, 3.8) is 0 Å². The predicted molar refractivity (Wildman–Crippen MR) is 61.8 cm³/mol. The summed E-state index contributed by atoms with van der Waals surface area (Å²) in [7, 11) is 0. The summed E-state index contributed by atoms with van der Waals surface area (Å²) in [5.41, 5.74) is 1.42. The van der Waals surface area contributed by atoms with E-state index < -0.39 is 0 Å². The molecule has 0 bridgehead atoms. The van der Waals surface area contributed by atoms with E-state index >= 15 is 0 Å². The van der Waals surface area contributed by atoms with E-state index in [0.29, 0.717) is 12.2 Å². The molecule has 0 atom stereocenters. The molecule has 0 aliphatic heterocycles. The van der Waals surface area contributed by atoms with Crippen LogP contribution in [0.4, 0.5) is 0 Å². The van der Waals surface area contributed by atoms with Crippen LogP contribution in [0.25, 0.3) is 6.08 Å². The molecule has 0 spiro atoms. The van der Waals surface area contributed by atoms with E-state index in [1.54, 1.807) is 13.0 Å². The molecule has 15 heavy (non-hydrogen) atoms. The lowest BCUT2D eigenvalue weighted by atomic mass is 10.1. The Kier molecular flexibility index (Phi) is 4.91. The van der Waals surface area contributed by atoms with Gasteiger partial charge in [-0.3, -0.25) is 0 Å². The zero-order valence-corrected chi connectivity index (χ0v) is 9.33. The zero-order chi connectivity index (χ0) is 11.1. The number of hydrogen-bond donors (Lipinski definition) is 0. The fourth-order valence-electron chi connectivity index (χ4n) is 1.13. The molecule has 1 aromatic rings. The van der Waals surface area contributed by atoms with Gasteiger partial charge in [-0.05, 0) is 18.6 Å². The van der Waals surface area contributed by atoms with Crippen LogP contribution in [0, 0.1) is 0 Å². The maximum Gasteiger partial charge on any atom is 0.335 e. The topological polar surface area (TPSA) is 26.3 Å². The molecular weight excluding hydrogens is 212 g/mol. The lowest BCUT2D eigenvalue weighted by molar-refractivity contribution is -0.138. The number of hydrogen-bond acceptors (Lipinski definition) is 2. The molecule has 0 aliphatic carbocycles. The third-order valence-electron chi connectivity index (χ3n) is 1.82. The van der Waals surface area contributed by atoms with Crippen molar-refractivity contribution in [1.29, 1.82) is 0 Å². The zero-order valence-electron chi connectivity index (χ0n) is 8.57. The summed E-state index contributed by atoms with van der Waals surface area (Å²) in [6, 6.07) is 9.55. The summed E-state index contributed by atoms with van der Waals surface area (Å²) in [4.78, 5) is 11.4. The lowest BCUT2D eigenvalue weighted by Crippen LogP contribution is -2.08. The fraction of sp³-hybridized carbons (Fsp3) is 0.250. The van der Waals surface area contributed by atoms with Gasteiger partial charge in [0, 0.05) is 0 Å². The van der Waals surface area contributed by atoms with Crippen molar-refractivity contribution in [2.24, 2.45) is 0 Å². The maximum absolute atomic E-state index is 11.4. The molecule has 0 unspecified atom stereocenters. The summed E-state index contributed by atoms with van der Waals surface area (Å²) in [5.74, 6) is -0.190. The summed E-state index contributed by atoms with van der Waals surface area (Å²) in [5, 5.41) is 0. The lowest BCUT2D eigenvalue weighted by Gasteiger charge is -2.03. The number of ether oxygens (including phenoxy) is 1. The maximum atomic E-state index is 11.4. The number of benzene rings is 1. The first-order chi connectivity index (χ1) is 7.27. The minimum atomic E-state index is -0.351. The molecule has 0 amide bonds. The van der Waals surface area contributed by atoms with E-state index in [1.807, 2.05) is 30.3 Å². The van der Waals surface area contributed by atoms with E-state index in [2.05, 4.69) is 0 Å². The van der Waals surface area contributed by atoms with Crippen LogP contribution >= 0.6 is 11.6 Å². The monoisotopic (exact) mass is 224 g/mol. The molecule has 0 aromatic heterocycles. The predicted octanol–water partition coefficient (Wildman–Crippen LogP) is 2.87. The number of alkyl halides is 1. The van der Waals surface area contributed by atoms with Crippen LogP contribution in [0.2, 0.25) is 0 Å². The second kappa shape index (κ2) is 6.25. The van der Waals surface area contributed by atoms with Gasteiger partial charge in [0.2, 0.25) is 0 Å². The molecule has 1 rings (SSSR count). The van der Waals surface area contributed by atoms with Gasteiger partial charge in [-0.25, -0.2) is 4.79 Å². The Morgan fingerprint density at radius 1 is 1.40 bits per heavy atom. The van der Waals surface area contributed by atoms with Gasteiger partial charge in [0.05, 0.1) is 18.1 Å². The van der Waals surface area contributed by atoms with E-state index in [-0.39, 0.29) is 11.8 Å². The van der Waals surface area contributed by atoms with Crippen molar-refractivity contribution in [2.45, 2.75) is 6.92 Å². The highest BCUT2D eigenvalue weighted by Crippen LogP contribution is 2.09. The van der Waals surface area contributed by atoms with Crippen molar-refractivity contribution in [3.8, 4) is 0 Å². The number of esters is 1. The minimum absolute atomic E-state index is 0.160. The van der Waals surface area contributed by atoms with Crippen LogP contribution in [-0.2, 0) is 9.53 Å². The Morgan fingerprint density at radius 2 is 2.07 bits per heavy atom. The van der Waals surface area contributed by atoms with Crippen molar-refractivity contribution >= 4 is 23.6 Å². The quantitative estimate of drug-likeness (QED) is 0.447. The third-order valence-corrected chi connectivity index (χ3v) is 2.11. The van der Waals surface area contributed by atoms with E-state index in [9.17, 15) is 4.79 Å². The number of halogens is 1. The highest BCUT2D eigenvalue weighted by Gasteiger charge is 2.08. The van der Waals surface area contributed by atoms with Crippen molar-refractivity contribution in [1.82, 2.24) is 0 Å². The van der Waals surface area contributed by atoms with Crippen LogP contribution in [-0.4, -0.2) is 18.5 Å². The van der Waals surface area contributed by atoms with Gasteiger partial charge < -0.3 is 4.74 Å². The molecule has 0 aliphatic rings. The first-order valence-corrected chi connectivity index (χ1v) is 5.30. The Hall–Kier alpha value is -1.28. The third kappa shape index (κ3) is 3.76. The van der Waals surface area contributed by atoms with Crippen molar-refractivity contribution in [3.05, 3.63) is 41.5 Å². The molecule has 0 saturated carbocycles. The summed E-state index contributed by atoms with van der Waals surface area (Å²) in [6.45, 7) is 2.13. The molecule has 0 fully saturated rings. The van der Waals surface area contributed by atoms with Crippen LogP contribution < -0.4 is 0 Å². The molecule has 0 radical (unpaired) electrons. The van der Waals surface area contributed by atoms with Gasteiger partial charge in [-0.2, -0.15) is 0 Å². The van der Waals surface area contributed by atoms with E-state index in [0.717, 1.165) is 5.56 Å². The summed E-state index contributed by atoms with van der Waals surface area (Å²) >= 11 is 5.68. The SMILES string of the molecule is CCOC(=O)/C(=C/c1ccccc1)CCl. The van der Waals surface area contributed by atoms with Gasteiger partial charge in [-0.15, -0.1) is 11.6 Å². The largest absolute Gasteiger partial charge is 0.463 e. The Morgan fingerprint density at radius 3 is 2.60 bits per heavy atom. The van der Waals surface area contributed by atoms with Gasteiger partial charge in [0.25, 0.3) is 0 Å². The Labute approximate surface area is 94.5 Å². The van der Waals surface area contributed by atoms with E-state index in [1.165, 1.54) is 0 Å². The fourth-order valence-corrected chi connectivity index (χ4v) is 1.31. The van der Waals surface area contributed by atoms with Gasteiger partial charge in [-0.1, -0.05) is 30.3 Å². The van der Waals surface area contributed by atoms with Crippen molar-refractivity contribution in [2.75, 3.05) is 12.5 Å². The normalized spacial score (nSPS) is 11.2. The average Bonchev–Trinajstić information content (AvgIpc) is 2.27. The Balaban J connectivity index is 2.83. The second-order valence-electron chi connectivity index (χ2n) is 2.93. The second-order valence-corrected chi connectivity index (χ2v) is 3.20.